The van der Waals surface area contributed by atoms with E-state index in [0.717, 1.165) is 25.0 Å². The molecule has 1 fully saturated rings. The molecular weight excluding hydrogens is 318 g/mol. The second-order valence-corrected chi connectivity index (χ2v) is 5.98. The minimum absolute atomic E-state index is 0.0762. The summed E-state index contributed by atoms with van der Waals surface area (Å²) in [5.41, 5.74) is 1.63. The molecule has 2 aromatic rings. The largest absolute Gasteiger partial charge is 0.493 e. The van der Waals surface area contributed by atoms with E-state index in [9.17, 15) is 4.79 Å². The van der Waals surface area contributed by atoms with Crippen LogP contribution in [0.3, 0.4) is 0 Å². The van der Waals surface area contributed by atoms with Crippen LogP contribution in [-0.2, 0) is 11.3 Å². The van der Waals surface area contributed by atoms with Gasteiger partial charge in [0.1, 0.15) is 6.61 Å². The molecule has 2 aromatic carbocycles. The van der Waals surface area contributed by atoms with Gasteiger partial charge in [-0.3, -0.25) is 4.79 Å². The number of nitrogens with one attached hydrogen (secondary N) is 1. The fourth-order valence-corrected chi connectivity index (χ4v) is 2.77. The van der Waals surface area contributed by atoms with E-state index in [4.69, 9.17) is 14.2 Å². The average Bonchev–Trinajstić information content (AvgIpc) is 3.18. The Hall–Kier alpha value is -2.53. The number of hydrogen-bond donors (Lipinski definition) is 1. The standard InChI is InChI=1S/C20H23NO4/c1-23-18-6-2-3-7-19(18)25-14-15-8-10-16(11-9-15)20(22)21-13-17-5-4-12-24-17/h2-3,6-11,17H,4-5,12-14H2,1H3,(H,21,22)/t17-/m1/s1. The van der Waals surface area contributed by atoms with Gasteiger partial charge in [0, 0.05) is 18.7 Å². The number of methoxy groups -OCH3 is 1. The quantitative estimate of drug-likeness (QED) is 0.840. The van der Waals surface area contributed by atoms with E-state index in [1.807, 2.05) is 48.5 Å². The zero-order valence-electron chi connectivity index (χ0n) is 14.4. The van der Waals surface area contributed by atoms with Crippen molar-refractivity contribution in [2.24, 2.45) is 0 Å². The molecule has 1 atom stereocenters. The highest BCUT2D eigenvalue weighted by atomic mass is 16.5. The Labute approximate surface area is 147 Å². The van der Waals surface area contributed by atoms with Gasteiger partial charge in [0.15, 0.2) is 11.5 Å². The van der Waals surface area contributed by atoms with Gasteiger partial charge in [-0.1, -0.05) is 24.3 Å². The summed E-state index contributed by atoms with van der Waals surface area (Å²) in [4.78, 5) is 12.2. The van der Waals surface area contributed by atoms with Crippen molar-refractivity contribution in [2.75, 3.05) is 20.3 Å². The van der Waals surface area contributed by atoms with Crippen LogP contribution >= 0.6 is 0 Å². The first-order chi connectivity index (χ1) is 12.3. The summed E-state index contributed by atoms with van der Waals surface area (Å²) in [7, 11) is 1.62. The summed E-state index contributed by atoms with van der Waals surface area (Å²) in [5, 5.41) is 2.92. The third-order valence-electron chi connectivity index (χ3n) is 4.19. The molecule has 1 saturated heterocycles. The molecule has 3 rings (SSSR count). The molecule has 0 saturated carbocycles. The maximum Gasteiger partial charge on any atom is 0.251 e. The van der Waals surface area contributed by atoms with Crippen LogP contribution < -0.4 is 14.8 Å². The first-order valence-electron chi connectivity index (χ1n) is 8.51. The minimum atomic E-state index is -0.0762. The lowest BCUT2D eigenvalue weighted by Gasteiger charge is -2.12. The number of carbonyl (C=O) groups excluding carboxylic acids is 1. The summed E-state index contributed by atoms with van der Waals surface area (Å²) in [5.74, 6) is 1.32. The summed E-state index contributed by atoms with van der Waals surface area (Å²) in [6.07, 6.45) is 2.23. The van der Waals surface area contributed by atoms with Gasteiger partial charge in [-0.2, -0.15) is 0 Å². The smallest absolute Gasteiger partial charge is 0.251 e. The van der Waals surface area contributed by atoms with Gasteiger partial charge in [0.05, 0.1) is 13.2 Å². The van der Waals surface area contributed by atoms with E-state index in [-0.39, 0.29) is 12.0 Å². The van der Waals surface area contributed by atoms with Gasteiger partial charge in [-0.25, -0.2) is 0 Å². The van der Waals surface area contributed by atoms with E-state index >= 15 is 0 Å². The van der Waals surface area contributed by atoms with Crippen molar-refractivity contribution in [1.82, 2.24) is 5.32 Å². The lowest BCUT2D eigenvalue weighted by molar-refractivity contribution is 0.0857. The predicted octanol–water partition coefficient (Wildman–Crippen LogP) is 3.18. The average molecular weight is 341 g/mol. The minimum Gasteiger partial charge on any atom is -0.493 e. The Bertz CT molecular complexity index is 693. The maximum atomic E-state index is 12.2. The lowest BCUT2D eigenvalue weighted by atomic mass is 10.1. The number of rotatable bonds is 7. The zero-order valence-corrected chi connectivity index (χ0v) is 14.4. The van der Waals surface area contributed by atoms with Gasteiger partial charge in [-0.05, 0) is 42.7 Å². The first kappa shape index (κ1) is 17.3. The summed E-state index contributed by atoms with van der Waals surface area (Å²) in [6.45, 7) is 1.77. The van der Waals surface area contributed by atoms with Crippen LogP contribution in [0.25, 0.3) is 0 Å². The van der Waals surface area contributed by atoms with E-state index in [1.54, 1.807) is 7.11 Å². The molecule has 0 unspecified atom stereocenters. The number of carbonyl (C=O) groups is 1. The molecule has 1 aliphatic rings. The summed E-state index contributed by atoms with van der Waals surface area (Å²) >= 11 is 0. The Kier molecular flexibility index (Phi) is 5.90. The van der Waals surface area contributed by atoms with Crippen LogP contribution in [0.4, 0.5) is 0 Å². The Morgan fingerprint density at radius 1 is 1.16 bits per heavy atom. The normalized spacial score (nSPS) is 16.4. The Morgan fingerprint density at radius 3 is 2.60 bits per heavy atom. The van der Waals surface area contributed by atoms with Crippen molar-refractivity contribution in [3.8, 4) is 11.5 Å². The highest BCUT2D eigenvalue weighted by molar-refractivity contribution is 5.94. The molecule has 0 aliphatic carbocycles. The van der Waals surface area contributed by atoms with E-state index in [0.29, 0.717) is 30.2 Å². The van der Waals surface area contributed by atoms with Gasteiger partial charge in [0.25, 0.3) is 5.91 Å². The Balaban J connectivity index is 1.52. The second-order valence-electron chi connectivity index (χ2n) is 5.98. The summed E-state index contributed by atoms with van der Waals surface area (Å²) < 4.78 is 16.6. The van der Waals surface area contributed by atoms with Crippen LogP contribution in [0.5, 0.6) is 11.5 Å². The van der Waals surface area contributed by atoms with Gasteiger partial charge < -0.3 is 19.5 Å². The highest BCUT2D eigenvalue weighted by Gasteiger charge is 2.16. The second kappa shape index (κ2) is 8.53. The monoisotopic (exact) mass is 341 g/mol. The van der Waals surface area contributed by atoms with Crippen LogP contribution in [0.2, 0.25) is 0 Å². The molecule has 1 N–H and O–H groups in total. The number of ether oxygens (including phenoxy) is 3. The maximum absolute atomic E-state index is 12.2. The molecule has 1 heterocycles. The number of para-hydroxylation sites is 2. The van der Waals surface area contributed by atoms with E-state index < -0.39 is 0 Å². The number of amides is 1. The van der Waals surface area contributed by atoms with Crippen LogP contribution in [0.1, 0.15) is 28.8 Å². The predicted molar refractivity (Wildman–Crippen MR) is 95.1 cm³/mol. The van der Waals surface area contributed by atoms with Crippen LogP contribution in [-0.4, -0.2) is 32.3 Å². The van der Waals surface area contributed by atoms with Crippen molar-refractivity contribution in [1.29, 1.82) is 0 Å². The molecule has 5 nitrogen and oxygen atoms in total. The van der Waals surface area contributed by atoms with Gasteiger partial charge in [0.2, 0.25) is 0 Å². The number of benzene rings is 2. The molecule has 1 aliphatic heterocycles. The van der Waals surface area contributed by atoms with Gasteiger partial charge in [-0.15, -0.1) is 0 Å². The highest BCUT2D eigenvalue weighted by Crippen LogP contribution is 2.26. The summed E-state index contributed by atoms with van der Waals surface area (Å²) in [6, 6.07) is 14.9. The van der Waals surface area contributed by atoms with E-state index in [2.05, 4.69) is 5.32 Å². The van der Waals surface area contributed by atoms with Crippen LogP contribution in [0, 0.1) is 0 Å². The van der Waals surface area contributed by atoms with Gasteiger partial charge >= 0.3 is 0 Å². The molecule has 1 amide bonds. The molecule has 5 heteroatoms. The van der Waals surface area contributed by atoms with Crippen molar-refractivity contribution >= 4 is 5.91 Å². The molecule has 0 aromatic heterocycles. The molecule has 132 valence electrons. The topological polar surface area (TPSA) is 56.8 Å². The fourth-order valence-electron chi connectivity index (χ4n) is 2.77. The van der Waals surface area contributed by atoms with Crippen molar-refractivity contribution < 1.29 is 19.0 Å². The third kappa shape index (κ3) is 4.73. The van der Waals surface area contributed by atoms with E-state index in [1.165, 1.54) is 0 Å². The number of hydrogen-bond acceptors (Lipinski definition) is 4. The molecule has 0 radical (unpaired) electrons. The fraction of sp³-hybridized carbons (Fsp3) is 0.350. The Morgan fingerprint density at radius 2 is 1.92 bits per heavy atom. The van der Waals surface area contributed by atoms with Crippen molar-refractivity contribution in [3.63, 3.8) is 0 Å². The SMILES string of the molecule is COc1ccccc1OCc1ccc(C(=O)NC[C@H]2CCCO2)cc1. The third-order valence-corrected chi connectivity index (χ3v) is 4.19. The zero-order chi connectivity index (χ0) is 17.5. The molecular formula is C20H23NO4. The van der Waals surface area contributed by atoms with Crippen LogP contribution in [0.15, 0.2) is 48.5 Å². The van der Waals surface area contributed by atoms with Crippen molar-refractivity contribution in [3.05, 3.63) is 59.7 Å². The molecule has 0 spiro atoms. The lowest BCUT2D eigenvalue weighted by Crippen LogP contribution is -2.31. The van der Waals surface area contributed by atoms with Crippen molar-refractivity contribution in [2.45, 2.75) is 25.6 Å². The molecule has 25 heavy (non-hydrogen) atoms. The first-order valence-corrected chi connectivity index (χ1v) is 8.51. The molecule has 0 bridgehead atoms.